The van der Waals surface area contributed by atoms with Crippen molar-refractivity contribution in [2.75, 3.05) is 44.8 Å². The standard InChI is InChI=1S/C23H40N4O2/c1-5-23(6-2,13-15-28)18-25-22(24-7-3)26-19-10-9-14-27(17-19)20-11-8-12-21(16-20)29-4/h8,11-12,16,19,28H,5-7,9-10,13-15,17-18H2,1-4H3,(H2,24,25,26). The molecule has 1 aromatic rings. The van der Waals surface area contributed by atoms with E-state index in [9.17, 15) is 5.11 Å². The van der Waals surface area contributed by atoms with Crippen molar-refractivity contribution in [3.05, 3.63) is 24.3 Å². The maximum Gasteiger partial charge on any atom is 0.191 e. The molecule has 6 nitrogen and oxygen atoms in total. The third-order valence-electron chi connectivity index (χ3n) is 6.24. The molecule has 1 aliphatic heterocycles. The largest absolute Gasteiger partial charge is 0.497 e. The first-order chi connectivity index (χ1) is 14.1. The van der Waals surface area contributed by atoms with Crippen molar-refractivity contribution in [3.63, 3.8) is 0 Å². The number of benzene rings is 1. The predicted molar refractivity (Wildman–Crippen MR) is 122 cm³/mol. The fraction of sp³-hybridized carbons (Fsp3) is 0.696. The van der Waals surface area contributed by atoms with Crippen LogP contribution in [0.15, 0.2) is 29.3 Å². The van der Waals surface area contributed by atoms with E-state index in [0.717, 1.165) is 70.0 Å². The Morgan fingerprint density at radius 3 is 2.76 bits per heavy atom. The summed E-state index contributed by atoms with van der Waals surface area (Å²) in [6.45, 7) is 10.3. The molecule has 0 aliphatic carbocycles. The van der Waals surface area contributed by atoms with E-state index >= 15 is 0 Å². The van der Waals surface area contributed by atoms with Crippen molar-refractivity contribution in [2.24, 2.45) is 10.4 Å². The topological polar surface area (TPSA) is 69.1 Å². The zero-order valence-corrected chi connectivity index (χ0v) is 18.7. The summed E-state index contributed by atoms with van der Waals surface area (Å²) in [7, 11) is 1.71. The number of rotatable bonds is 10. The number of hydrogen-bond acceptors (Lipinski definition) is 4. The Bertz CT molecular complexity index is 631. The number of anilines is 1. The maximum absolute atomic E-state index is 9.47. The minimum Gasteiger partial charge on any atom is -0.497 e. The van der Waals surface area contributed by atoms with Crippen LogP contribution in [0.3, 0.4) is 0 Å². The summed E-state index contributed by atoms with van der Waals surface area (Å²) >= 11 is 0. The highest BCUT2D eigenvalue weighted by molar-refractivity contribution is 5.80. The van der Waals surface area contributed by atoms with E-state index in [2.05, 4.69) is 48.4 Å². The molecule has 0 amide bonds. The summed E-state index contributed by atoms with van der Waals surface area (Å²) in [6, 6.07) is 8.64. The van der Waals surface area contributed by atoms with E-state index in [1.165, 1.54) is 5.69 Å². The number of nitrogens with zero attached hydrogens (tertiary/aromatic N) is 2. The molecule has 1 saturated heterocycles. The van der Waals surface area contributed by atoms with Crippen molar-refractivity contribution in [1.29, 1.82) is 0 Å². The lowest BCUT2D eigenvalue weighted by atomic mass is 9.79. The van der Waals surface area contributed by atoms with E-state index < -0.39 is 0 Å². The monoisotopic (exact) mass is 404 g/mol. The second kappa shape index (κ2) is 11.9. The molecule has 0 aromatic heterocycles. The van der Waals surface area contributed by atoms with Crippen LogP contribution in [0.5, 0.6) is 5.75 Å². The van der Waals surface area contributed by atoms with E-state index in [4.69, 9.17) is 9.73 Å². The SMILES string of the molecule is CCNC(=NCC(CC)(CC)CCO)NC1CCCN(c2cccc(OC)c2)C1. The van der Waals surface area contributed by atoms with Gasteiger partial charge in [0.1, 0.15) is 5.75 Å². The summed E-state index contributed by atoms with van der Waals surface area (Å²) in [5.41, 5.74) is 1.28. The van der Waals surface area contributed by atoms with Gasteiger partial charge >= 0.3 is 0 Å². The van der Waals surface area contributed by atoms with Crippen LogP contribution in [0.1, 0.15) is 52.9 Å². The first-order valence-electron chi connectivity index (χ1n) is 11.1. The van der Waals surface area contributed by atoms with Crippen LogP contribution in [0.2, 0.25) is 0 Å². The molecule has 0 bridgehead atoms. The molecular formula is C23H40N4O2. The van der Waals surface area contributed by atoms with Crippen molar-refractivity contribution in [3.8, 4) is 5.75 Å². The number of guanidine groups is 1. The third-order valence-corrected chi connectivity index (χ3v) is 6.24. The normalized spacial score (nSPS) is 17.9. The van der Waals surface area contributed by atoms with Crippen LogP contribution in [0, 0.1) is 5.41 Å². The van der Waals surface area contributed by atoms with Crippen molar-refractivity contribution in [1.82, 2.24) is 10.6 Å². The summed E-state index contributed by atoms with van der Waals surface area (Å²) in [4.78, 5) is 7.33. The molecule has 0 spiro atoms. The van der Waals surface area contributed by atoms with E-state index in [0.29, 0.717) is 6.04 Å². The minimum absolute atomic E-state index is 0.0797. The molecule has 1 aromatic carbocycles. The molecule has 29 heavy (non-hydrogen) atoms. The fourth-order valence-electron chi connectivity index (χ4n) is 4.04. The van der Waals surface area contributed by atoms with E-state index in [1.807, 2.05) is 12.1 Å². The van der Waals surface area contributed by atoms with Crippen molar-refractivity contribution < 1.29 is 9.84 Å². The van der Waals surface area contributed by atoms with Gasteiger partial charge in [0, 0.05) is 50.6 Å². The molecule has 1 heterocycles. The molecule has 6 heteroatoms. The average molecular weight is 405 g/mol. The molecular weight excluding hydrogens is 364 g/mol. The van der Waals surface area contributed by atoms with Gasteiger partial charge in [-0.25, -0.2) is 0 Å². The van der Waals surface area contributed by atoms with Gasteiger partial charge in [-0.3, -0.25) is 4.99 Å². The molecule has 3 N–H and O–H groups in total. The second-order valence-electron chi connectivity index (χ2n) is 8.01. The number of aliphatic imine (C=N–C) groups is 1. The first-order valence-corrected chi connectivity index (χ1v) is 11.1. The number of aliphatic hydroxyl groups excluding tert-OH is 1. The molecule has 0 radical (unpaired) electrons. The van der Waals surface area contributed by atoms with Crippen LogP contribution < -0.4 is 20.3 Å². The van der Waals surface area contributed by atoms with Gasteiger partial charge in [0.2, 0.25) is 0 Å². The summed E-state index contributed by atoms with van der Waals surface area (Å²) < 4.78 is 5.38. The van der Waals surface area contributed by atoms with Gasteiger partial charge in [0.25, 0.3) is 0 Å². The van der Waals surface area contributed by atoms with E-state index in [1.54, 1.807) is 7.11 Å². The Hall–Kier alpha value is -1.95. The number of aliphatic hydroxyl groups is 1. The maximum atomic E-state index is 9.47. The smallest absolute Gasteiger partial charge is 0.191 e. The highest BCUT2D eigenvalue weighted by Gasteiger charge is 2.26. The predicted octanol–water partition coefficient (Wildman–Crippen LogP) is 3.41. The molecule has 1 atom stereocenters. The third kappa shape index (κ3) is 6.81. The van der Waals surface area contributed by atoms with Crippen LogP contribution >= 0.6 is 0 Å². The number of methoxy groups -OCH3 is 1. The molecule has 0 saturated carbocycles. The lowest BCUT2D eigenvalue weighted by Crippen LogP contribution is -2.51. The van der Waals surface area contributed by atoms with Gasteiger partial charge in [-0.2, -0.15) is 0 Å². The fourth-order valence-corrected chi connectivity index (χ4v) is 4.04. The van der Waals surface area contributed by atoms with Crippen LogP contribution in [-0.2, 0) is 0 Å². The van der Waals surface area contributed by atoms with Gasteiger partial charge in [-0.1, -0.05) is 19.9 Å². The summed E-state index contributed by atoms with van der Waals surface area (Å²) in [5.74, 6) is 1.78. The molecule has 2 rings (SSSR count). The molecule has 1 unspecified atom stereocenters. The van der Waals surface area contributed by atoms with Gasteiger partial charge in [0.15, 0.2) is 5.96 Å². The molecule has 1 fully saturated rings. The molecule has 1 aliphatic rings. The van der Waals surface area contributed by atoms with Gasteiger partial charge < -0.3 is 25.4 Å². The van der Waals surface area contributed by atoms with Crippen molar-refractivity contribution in [2.45, 2.75) is 58.9 Å². The van der Waals surface area contributed by atoms with E-state index in [-0.39, 0.29) is 12.0 Å². The van der Waals surface area contributed by atoms with Crippen molar-refractivity contribution >= 4 is 11.6 Å². The highest BCUT2D eigenvalue weighted by atomic mass is 16.5. The Morgan fingerprint density at radius 1 is 1.31 bits per heavy atom. The Kier molecular flexibility index (Phi) is 9.58. The van der Waals surface area contributed by atoms with Gasteiger partial charge in [-0.05, 0) is 56.6 Å². The van der Waals surface area contributed by atoms with Crippen LogP contribution in [-0.4, -0.2) is 57.0 Å². The molecule has 164 valence electrons. The Balaban J connectivity index is 2.05. The quantitative estimate of drug-likeness (QED) is 0.412. The number of nitrogens with one attached hydrogen (secondary N) is 2. The van der Waals surface area contributed by atoms with Crippen LogP contribution in [0.4, 0.5) is 5.69 Å². The average Bonchev–Trinajstić information content (AvgIpc) is 2.77. The Morgan fingerprint density at radius 2 is 2.10 bits per heavy atom. The van der Waals surface area contributed by atoms with Gasteiger partial charge in [-0.15, -0.1) is 0 Å². The lowest BCUT2D eigenvalue weighted by molar-refractivity contribution is 0.175. The summed E-state index contributed by atoms with van der Waals surface area (Å²) in [5, 5.41) is 16.5. The Labute approximate surface area is 176 Å². The zero-order valence-electron chi connectivity index (χ0n) is 18.7. The highest BCUT2D eigenvalue weighted by Crippen LogP contribution is 2.30. The summed E-state index contributed by atoms with van der Waals surface area (Å²) in [6.07, 6.45) is 5.14. The minimum atomic E-state index is 0.0797. The van der Waals surface area contributed by atoms with Crippen LogP contribution in [0.25, 0.3) is 0 Å². The first kappa shape index (κ1) is 23.3. The second-order valence-corrected chi connectivity index (χ2v) is 8.01. The lowest BCUT2D eigenvalue weighted by Gasteiger charge is -2.36. The van der Waals surface area contributed by atoms with Gasteiger partial charge in [0.05, 0.1) is 7.11 Å². The number of hydrogen-bond donors (Lipinski definition) is 3. The number of piperidine rings is 1. The number of ether oxygens (including phenoxy) is 1. The zero-order chi connectivity index (χ0) is 21.1.